The van der Waals surface area contributed by atoms with Gasteiger partial charge in [0.05, 0.1) is 18.8 Å². The van der Waals surface area contributed by atoms with Crippen LogP contribution in [0.5, 0.6) is 0 Å². The summed E-state index contributed by atoms with van der Waals surface area (Å²) in [6.45, 7) is 8.48. The number of ether oxygens (including phenoxy) is 1. The largest absolute Gasteiger partial charge is 0.389 e. The zero-order valence-corrected chi connectivity index (χ0v) is 12.8. The van der Waals surface area contributed by atoms with Gasteiger partial charge in [0.2, 0.25) is 0 Å². The highest BCUT2D eigenvalue weighted by molar-refractivity contribution is 5.07. The first kappa shape index (κ1) is 16.7. The van der Waals surface area contributed by atoms with Crippen molar-refractivity contribution in [3.05, 3.63) is 11.6 Å². The van der Waals surface area contributed by atoms with Crippen LogP contribution in [0.2, 0.25) is 0 Å². The van der Waals surface area contributed by atoms with Crippen LogP contribution < -0.4 is 5.32 Å². The maximum Gasteiger partial charge on any atom is 0.0897 e. The maximum absolute atomic E-state index is 9.82. The van der Waals surface area contributed by atoms with Crippen molar-refractivity contribution >= 4 is 0 Å². The third kappa shape index (κ3) is 8.40. The fraction of sp³-hybridized carbons (Fsp3) is 0.875. The van der Waals surface area contributed by atoms with E-state index < -0.39 is 6.10 Å². The van der Waals surface area contributed by atoms with Crippen molar-refractivity contribution < 1.29 is 9.84 Å². The van der Waals surface area contributed by atoms with Crippen molar-refractivity contribution in [2.24, 2.45) is 5.92 Å². The normalized spacial score (nSPS) is 18.7. The van der Waals surface area contributed by atoms with Crippen molar-refractivity contribution in [1.29, 1.82) is 0 Å². The molecule has 0 saturated carbocycles. The Morgan fingerprint density at radius 3 is 2.79 bits per heavy atom. The summed E-state index contributed by atoms with van der Waals surface area (Å²) in [5.74, 6) is 0.643. The lowest BCUT2D eigenvalue weighted by Gasteiger charge is -2.18. The molecule has 0 saturated heterocycles. The van der Waals surface area contributed by atoms with Crippen molar-refractivity contribution in [2.45, 2.75) is 65.1 Å². The Hall–Kier alpha value is -0.380. The molecule has 0 aromatic heterocycles. The van der Waals surface area contributed by atoms with E-state index in [0.29, 0.717) is 19.1 Å². The molecule has 19 heavy (non-hydrogen) atoms. The molecule has 3 nitrogen and oxygen atoms in total. The summed E-state index contributed by atoms with van der Waals surface area (Å²) in [6.07, 6.45) is 8.20. The first-order chi connectivity index (χ1) is 9.08. The molecule has 2 atom stereocenters. The lowest BCUT2D eigenvalue weighted by molar-refractivity contribution is -0.00839. The number of aliphatic hydroxyl groups excluding tert-OH is 1. The fourth-order valence-corrected chi connectivity index (χ4v) is 2.55. The molecule has 3 heteroatoms. The quantitative estimate of drug-likeness (QED) is 0.473. The zero-order valence-electron chi connectivity index (χ0n) is 12.8. The van der Waals surface area contributed by atoms with Crippen LogP contribution in [0.3, 0.4) is 0 Å². The highest BCUT2D eigenvalue weighted by Gasteiger charge is 2.10. The van der Waals surface area contributed by atoms with Crippen LogP contribution in [-0.4, -0.2) is 37.0 Å². The minimum atomic E-state index is -0.396. The Balaban J connectivity index is 1.96. The summed E-state index contributed by atoms with van der Waals surface area (Å²) in [7, 11) is 0. The molecule has 0 spiro atoms. The van der Waals surface area contributed by atoms with Gasteiger partial charge in [0, 0.05) is 6.54 Å². The minimum Gasteiger partial charge on any atom is -0.389 e. The van der Waals surface area contributed by atoms with Gasteiger partial charge in [-0.25, -0.2) is 0 Å². The molecule has 0 aromatic carbocycles. The molecule has 1 rings (SSSR count). The molecule has 0 amide bonds. The Kier molecular flexibility index (Phi) is 8.35. The van der Waals surface area contributed by atoms with Gasteiger partial charge in [-0.2, -0.15) is 0 Å². The minimum absolute atomic E-state index is 0.235. The summed E-state index contributed by atoms with van der Waals surface area (Å²) < 4.78 is 5.64. The molecule has 0 aliphatic heterocycles. The molecule has 112 valence electrons. The number of nitrogens with one attached hydrogen (secondary N) is 1. The van der Waals surface area contributed by atoms with Gasteiger partial charge in [0.25, 0.3) is 0 Å². The molecule has 0 bridgehead atoms. The topological polar surface area (TPSA) is 41.5 Å². The molecule has 1 aliphatic rings. The number of allylic oxidation sites excluding steroid dienone is 1. The second kappa shape index (κ2) is 9.51. The molecule has 0 fully saturated rings. The van der Waals surface area contributed by atoms with Gasteiger partial charge in [-0.3, -0.25) is 0 Å². The monoisotopic (exact) mass is 269 g/mol. The van der Waals surface area contributed by atoms with Crippen LogP contribution in [0.15, 0.2) is 11.6 Å². The van der Waals surface area contributed by atoms with Gasteiger partial charge in [-0.15, -0.1) is 0 Å². The summed E-state index contributed by atoms with van der Waals surface area (Å²) in [5.41, 5.74) is 1.57. The van der Waals surface area contributed by atoms with Gasteiger partial charge in [-0.1, -0.05) is 25.5 Å². The van der Waals surface area contributed by atoms with E-state index in [1.165, 1.54) is 19.3 Å². The van der Waals surface area contributed by atoms with E-state index in [1.54, 1.807) is 5.57 Å². The van der Waals surface area contributed by atoms with Crippen LogP contribution in [-0.2, 0) is 4.74 Å². The predicted molar refractivity (Wildman–Crippen MR) is 80.3 cm³/mol. The highest BCUT2D eigenvalue weighted by Crippen LogP contribution is 2.19. The third-order valence-corrected chi connectivity index (χ3v) is 3.51. The van der Waals surface area contributed by atoms with E-state index in [2.05, 4.69) is 32.2 Å². The van der Waals surface area contributed by atoms with Crippen molar-refractivity contribution in [3.63, 3.8) is 0 Å². The van der Waals surface area contributed by atoms with E-state index in [-0.39, 0.29) is 6.10 Å². The highest BCUT2D eigenvalue weighted by atomic mass is 16.5. The second-order valence-electron chi connectivity index (χ2n) is 6.14. The van der Waals surface area contributed by atoms with Gasteiger partial charge in [-0.05, 0) is 51.5 Å². The van der Waals surface area contributed by atoms with E-state index in [9.17, 15) is 5.11 Å². The van der Waals surface area contributed by atoms with Gasteiger partial charge in [0.15, 0.2) is 0 Å². The zero-order chi connectivity index (χ0) is 14.1. The Morgan fingerprint density at radius 1 is 1.37 bits per heavy atom. The lowest BCUT2D eigenvalue weighted by atomic mass is 10.1. The Morgan fingerprint density at radius 2 is 2.16 bits per heavy atom. The maximum atomic E-state index is 9.82. The number of hydrogen-bond acceptors (Lipinski definition) is 3. The third-order valence-electron chi connectivity index (χ3n) is 3.51. The standard InChI is InChI=1S/C16H31NO2/c1-13(2)10-14(3)19-12-16(18)11-17-9-8-15-6-4-5-7-15/h6,13-14,16-18H,4-5,7-12H2,1-3H3. The summed E-state index contributed by atoms with van der Waals surface area (Å²) in [5, 5.41) is 13.1. The van der Waals surface area contributed by atoms with E-state index in [4.69, 9.17) is 4.74 Å². The molecule has 0 heterocycles. The van der Waals surface area contributed by atoms with Gasteiger partial charge in [0.1, 0.15) is 0 Å². The average molecular weight is 269 g/mol. The molecule has 2 N–H and O–H groups in total. The van der Waals surface area contributed by atoms with Gasteiger partial charge >= 0.3 is 0 Å². The Labute approximate surface area is 118 Å². The summed E-state index contributed by atoms with van der Waals surface area (Å²) in [6, 6.07) is 0. The summed E-state index contributed by atoms with van der Waals surface area (Å²) in [4.78, 5) is 0. The Bertz CT molecular complexity index is 263. The van der Waals surface area contributed by atoms with Crippen molar-refractivity contribution in [2.75, 3.05) is 19.7 Å². The van der Waals surface area contributed by atoms with Crippen LogP contribution in [0.25, 0.3) is 0 Å². The number of hydrogen-bond donors (Lipinski definition) is 2. The fourth-order valence-electron chi connectivity index (χ4n) is 2.55. The van der Waals surface area contributed by atoms with Crippen molar-refractivity contribution in [3.8, 4) is 0 Å². The SMILES string of the molecule is CC(C)CC(C)OCC(O)CNCCC1=CCCC1. The molecular formula is C16H31NO2. The smallest absolute Gasteiger partial charge is 0.0897 e. The predicted octanol–water partition coefficient (Wildman–Crippen LogP) is 2.89. The van der Waals surface area contributed by atoms with E-state index >= 15 is 0 Å². The van der Waals surface area contributed by atoms with E-state index in [1.807, 2.05) is 0 Å². The van der Waals surface area contributed by atoms with Crippen LogP contribution >= 0.6 is 0 Å². The van der Waals surface area contributed by atoms with Crippen molar-refractivity contribution in [1.82, 2.24) is 5.32 Å². The molecule has 0 radical (unpaired) electrons. The first-order valence-electron chi connectivity index (χ1n) is 7.76. The lowest BCUT2D eigenvalue weighted by Crippen LogP contribution is -2.32. The first-order valence-corrected chi connectivity index (χ1v) is 7.76. The second-order valence-corrected chi connectivity index (χ2v) is 6.14. The number of aliphatic hydroxyl groups is 1. The molecular weight excluding hydrogens is 238 g/mol. The van der Waals surface area contributed by atoms with Crippen LogP contribution in [0, 0.1) is 5.92 Å². The molecule has 0 aromatic rings. The summed E-state index contributed by atoms with van der Waals surface area (Å²) >= 11 is 0. The molecule has 1 aliphatic carbocycles. The van der Waals surface area contributed by atoms with Gasteiger partial charge < -0.3 is 15.2 Å². The van der Waals surface area contributed by atoms with Crippen LogP contribution in [0.1, 0.15) is 52.9 Å². The molecule has 2 unspecified atom stereocenters. The average Bonchev–Trinajstić information content (AvgIpc) is 2.84. The van der Waals surface area contributed by atoms with Crippen LogP contribution in [0.4, 0.5) is 0 Å². The number of rotatable bonds is 10. The van der Waals surface area contributed by atoms with E-state index in [0.717, 1.165) is 19.4 Å².